The second kappa shape index (κ2) is 8.18. The predicted molar refractivity (Wildman–Crippen MR) is 110 cm³/mol. The zero-order valence-electron chi connectivity index (χ0n) is 15.5. The molecule has 1 amide bonds. The molecule has 1 aromatic carbocycles. The highest BCUT2D eigenvalue weighted by atomic mass is 32.2. The van der Waals surface area contributed by atoms with E-state index in [-0.39, 0.29) is 11.2 Å². The van der Waals surface area contributed by atoms with Gasteiger partial charge < -0.3 is 5.32 Å². The summed E-state index contributed by atoms with van der Waals surface area (Å²) in [7, 11) is 0. The first-order valence-corrected chi connectivity index (χ1v) is 10.4. The number of carbonyl (C=O) groups excluding carboxylic acids is 1. The quantitative estimate of drug-likeness (QED) is 0.503. The molecule has 3 rings (SSSR count). The van der Waals surface area contributed by atoms with Gasteiger partial charge in [-0.25, -0.2) is 9.97 Å². The third kappa shape index (κ3) is 4.24. The number of nitrogens with one attached hydrogen (secondary N) is 1. The van der Waals surface area contributed by atoms with Crippen LogP contribution in [-0.4, -0.2) is 27.7 Å². The molecule has 2 aromatic heterocycles. The number of rotatable bonds is 6. The van der Waals surface area contributed by atoms with Crippen molar-refractivity contribution in [2.45, 2.75) is 44.4 Å². The summed E-state index contributed by atoms with van der Waals surface area (Å²) in [5.41, 5.74) is 2.44. The molecule has 4 nitrogen and oxygen atoms in total. The number of carbonyl (C=O) groups is 1. The van der Waals surface area contributed by atoms with Gasteiger partial charge in [0.25, 0.3) is 0 Å². The fourth-order valence-electron chi connectivity index (χ4n) is 2.74. The van der Waals surface area contributed by atoms with Crippen LogP contribution in [0.3, 0.4) is 0 Å². The number of benzene rings is 1. The summed E-state index contributed by atoms with van der Waals surface area (Å²) in [6.07, 6.45) is 0.837. The van der Waals surface area contributed by atoms with Crippen LogP contribution >= 0.6 is 23.1 Å². The molecule has 1 N–H and O–H groups in total. The maximum Gasteiger partial charge on any atom is 0.233 e. The highest BCUT2D eigenvalue weighted by Gasteiger charge is 2.20. The Morgan fingerprint density at radius 3 is 2.65 bits per heavy atom. The molecule has 0 radical (unpaired) electrons. The first-order valence-electron chi connectivity index (χ1n) is 8.68. The number of aromatic nitrogens is 2. The SMILES string of the molecule is Cc1nc(S[C@H](C)C(=O)NCCc2ccccc2)c2c(C)c(C)sc2n1. The van der Waals surface area contributed by atoms with Crippen LogP contribution in [0, 0.1) is 20.8 Å². The number of aryl methyl sites for hydroxylation is 3. The van der Waals surface area contributed by atoms with E-state index in [2.05, 4.69) is 41.3 Å². The van der Waals surface area contributed by atoms with Gasteiger partial charge >= 0.3 is 0 Å². The smallest absolute Gasteiger partial charge is 0.233 e. The lowest BCUT2D eigenvalue weighted by molar-refractivity contribution is -0.120. The number of nitrogens with zero attached hydrogens (tertiary/aromatic N) is 2. The van der Waals surface area contributed by atoms with Gasteiger partial charge in [-0.1, -0.05) is 42.1 Å². The van der Waals surface area contributed by atoms with Crippen LogP contribution in [0.4, 0.5) is 0 Å². The Labute approximate surface area is 162 Å². The summed E-state index contributed by atoms with van der Waals surface area (Å²) in [6, 6.07) is 10.2. The van der Waals surface area contributed by atoms with Crippen molar-refractivity contribution < 1.29 is 4.79 Å². The van der Waals surface area contributed by atoms with E-state index >= 15 is 0 Å². The summed E-state index contributed by atoms with van der Waals surface area (Å²) >= 11 is 3.20. The van der Waals surface area contributed by atoms with Gasteiger partial charge in [0.2, 0.25) is 5.91 Å². The average molecular weight is 386 g/mol. The van der Waals surface area contributed by atoms with Crippen molar-refractivity contribution in [1.82, 2.24) is 15.3 Å². The molecule has 0 bridgehead atoms. The van der Waals surface area contributed by atoms with Crippen LogP contribution in [0.25, 0.3) is 10.2 Å². The molecule has 26 heavy (non-hydrogen) atoms. The fraction of sp³-hybridized carbons (Fsp3) is 0.350. The Hall–Kier alpha value is -1.92. The van der Waals surface area contributed by atoms with Gasteiger partial charge in [0.1, 0.15) is 15.7 Å². The Bertz CT molecular complexity index is 922. The van der Waals surface area contributed by atoms with Gasteiger partial charge in [0, 0.05) is 16.8 Å². The standard InChI is InChI=1S/C20H23N3OS2/c1-12-13(2)25-19-17(12)20(23-15(4)22-19)26-14(3)18(24)21-11-10-16-8-6-5-7-9-16/h5-9,14H,10-11H2,1-4H3,(H,21,24)/t14-/m1/s1. The van der Waals surface area contributed by atoms with Crippen LogP contribution in [0.5, 0.6) is 0 Å². The molecule has 0 saturated carbocycles. The molecule has 0 aliphatic heterocycles. The monoisotopic (exact) mass is 385 g/mol. The molecule has 0 saturated heterocycles. The maximum atomic E-state index is 12.5. The van der Waals surface area contributed by atoms with E-state index in [0.29, 0.717) is 6.54 Å². The molecule has 0 aliphatic carbocycles. The Balaban J connectivity index is 1.66. The van der Waals surface area contributed by atoms with Crippen LogP contribution in [0.2, 0.25) is 0 Å². The summed E-state index contributed by atoms with van der Waals surface area (Å²) in [4.78, 5) is 23.9. The molecule has 1 atom stereocenters. The lowest BCUT2D eigenvalue weighted by Gasteiger charge is -2.13. The normalized spacial score (nSPS) is 12.3. The van der Waals surface area contributed by atoms with Gasteiger partial charge in [-0.05, 0) is 45.2 Å². The zero-order chi connectivity index (χ0) is 18.7. The summed E-state index contributed by atoms with van der Waals surface area (Å²) in [6.45, 7) is 8.67. The molecule has 0 aliphatic rings. The number of thioether (sulfide) groups is 1. The second-order valence-corrected chi connectivity index (χ2v) is 8.86. The van der Waals surface area contributed by atoms with E-state index in [1.54, 1.807) is 11.3 Å². The molecule has 2 heterocycles. The molecule has 136 valence electrons. The van der Waals surface area contributed by atoms with E-state index in [9.17, 15) is 4.79 Å². The first-order chi connectivity index (χ1) is 12.5. The molecule has 0 fully saturated rings. The van der Waals surface area contributed by atoms with Crippen LogP contribution < -0.4 is 5.32 Å². The van der Waals surface area contributed by atoms with Crippen LogP contribution in [0.15, 0.2) is 35.4 Å². The number of amides is 1. The predicted octanol–water partition coefficient (Wildman–Crippen LogP) is 4.46. The van der Waals surface area contributed by atoms with Crippen LogP contribution in [-0.2, 0) is 11.2 Å². The van der Waals surface area contributed by atoms with Crippen molar-refractivity contribution in [2.24, 2.45) is 0 Å². The van der Waals surface area contributed by atoms with E-state index in [1.165, 1.54) is 27.8 Å². The summed E-state index contributed by atoms with van der Waals surface area (Å²) in [5.74, 6) is 0.790. The third-order valence-corrected chi connectivity index (χ3v) is 6.51. The van der Waals surface area contributed by atoms with Gasteiger partial charge in [-0.15, -0.1) is 11.3 Å². The maximum absolute atomic E-state index is 12.5. The second-order valence-electron chi connectivity index (χ2n) is 6.33. The third-order valence-electron chi connectivity index (χ3n) is 4.32. The minimum atomic E-state index is -0.206. The molecular formula is C20H23N3OS2. The highest BCUT2D eigenvalue weighted by Crippen LogP contribution is 2.36. The highest BCUT2D eigenvalue weighted by molar-refractivity contribution is 8.00. The Kier molecular flexibility index (Phi) is 5.94. The Morgan fingerprint density at radius 2 is 1.92 bits per heavy atom. The van der Waals surface area contributed by atoms with Gasteiger partial charge in [-0.2, -0.15) is 0 Å². The number of thiophene rings is 1. The van der Waals surface area contributed by atoms with E-state index in [0.717, 1.165) is 27.5 Å². The lowest BCUT2D eigenvalue weighted by atomic mass is 10.1. The van der Waals surface area contributed by atoms with Gasteiger partial charge in [0.05, 0.1) is 5.25 Å². The van der Waals surface area contributed by atoms with Crippen LogP contribution in [0.1, 0.15) is 28.8 Å². The van der Waals surface area contributed by atoms with E-state index in [4.69, 9.17) is 0 Å². The van der Waals surface area contributed by atoms with Crippen molar-refractivity contribution in [3.63, 3.8) is 0 Å². The minimum Gasteiger partial charge on any atom is -0.355 e. The van der Waals surface area contributed by atoms with Crippen molar-refractivity contribution in [1.29, 1.82) is 0 Å². The molecular weight excluding hydrogens is 362 g/mol. The fourth-order valence-corrected chi connectivity index (χ4v) is 4.96. The Morgan fingerprint density at radius 1 is 1.19 bits per heavy atom. The van der Waals surface area contributed by atoms with Gasteiger partial charge in [-0.3, -0.25) is 4.79 Å². The van der Waals surface area contributed by atoms with E-state index in [1.807, 2.05) is 32.0 Å². The first kappa shape index (κ1) is 18.9. The minimum absolute atomic E-state index is 0.0416. The summed E-state index contributed by atoms with van der Waals surface area (Å²) < 4.78 is 0. The average Bonchev–Trinajstić information content (AvgIpc) is 2.89. The largest absolute Gasteiger partial charge is 0.355 e. The number of hydrogen-bond donors (Lipinski definition) is 1. The van der Waals surface area contributed by atoms with Gasteiger partial charge in [0.15, 0.2) is 0 Å². The van der Waals surface area contributed by atoms with Crippen molar-refractivity contribution in [3.05, 3.63) is 52.2 Å². The lowest BCUT2D eigenvalue weighted by Crippen LogP contribution is -2.32. The number of fused-ring (bicyclic) bond motifs is 1. The topological polar surface area (TPSA) is 54.9 Å². The summed E-state index contributed by atoms with van der Waals surface area (Å²) in [5, 5.41) is 4.82. The molecule has 0 spiro atoms. The molecule has 3 aromatic rings. The van der Waals surface area contributed by atoms with Crippen molar-refractivity contribution >= 4 is 39.2 Å². The van der Waals surface area contributed by atoms with E-state index < -0.39 is 0 Å². The molecule has 0 unspecified atom stereocenters. The number of hydrogen-bond acceptors (Lipinski definition) is 5. The zero-order valence-corrected chi connectivity index (χ0v) is 17.1. The van der Waals surface area contributed by atoms with Crippen molar-refractivity contribution in [2.75, 3.05) is 6.54 Å². The molecule has 6 heteroatoms. The van der Waals surface area contributed by atoms with Crippen molar-refractivity contribution in [3.8, 4) is 0 Å².